The van der Waals surface area contributed by atoms with Crippen LogP contribution >= 0.6 is 12.2 Å². The summed E-state index contributed by atoms with van der Waals surface area (Å²) in [6.07, 6.45) is 4.96. The molecule has 100 valence electrons. The van der Waals surface area contributed by atoms with Gasteiger partial charge in [0.2, 0.25) is 0 Å². The zero-order chi connectivity index (χ0) is 13.4. The fraction of sp³-hybridized carbons (Fsp3) is 0.533. The molecule has 0 heterocycles. The minimum atomic E-state index is 0.607. The molecule has 1 aromatic rings. The van der Waals surface area contributed by atoms with Crippen LogP contribution in [0.1, 0.15) is 44.2 Å². The summed E-state index contributed by atoms with van der Waals surface area (Å²) in [6.45, 7) is 5.07. The monoisotopic (exact) mass is 265 g/mol. The summed E-state index contributed by atoms with van der Waals surface area (Å²) in [5.74, 6) is 0.979. The molecule has 0 amide bonds. The van der Waals surface area contributed by atoms with Crippen LogP contribution in [-0.2, 0) is 12.8 Å². The third kappa shape index (κ3) is 5.05. The molecule has 1 aromatic carbocycles. The van der Waals surface area contributed by atoms with E-state index in [-0.39, 0.29) is 0 Å². The van der Waals surface area contributed by atoms with Crippen LogP contribution in [0.2, 0.25) is 0 Å². The van der Waals surface area contributed by atoms with Gasteiger partial charge in [0.05, 0.1) is 11.6 Å². The van der Waals surface area contributed by atoms with Crippen molar-refractivity contribution in [1.29, 1.82) is 0 Å². The molecule has 0 unspecified atom stereocenters. The summed E-state index contributed by atoms with van der Waals surface area (Å²) in [4.78, 5) is 0.607. The van der Waals surface area contributed by atoms with Gasteiger partial charge in [0.15, 0.2) is 0 Å². The quantitative estimate of drug-likeness (QED) is 0.729. The maximum absolute atomic E-state index is 5.65. The van der Waals surface area contributed by atoms with Crippen LogP contribution in [0.3, 0.4) is 0 Å². The van der Waals surface area contributed by atoms with Crippen LogP contribution in [0.15, 0.2) is 18.2 Å². The van der Waals surface area contributed by atoms with E-state index in [0.717, 1.165) is 44.5 Å². The first kappa shape index (κ1) is 15.0. The van der Waals surface area contributed by atoms with Crippen molar-refractivity contribution >= 4 is 17.2 Å². The highest BCUT2D eigenvalue weighted by Crippen LogP contribution is 2.20. The van der Waals surface area contributed by atoms with Crippen molar-refractivity contribution < 1.29 is 4.74 Å². The van der Waals surface area contributed by atoms with Crippen molar-refractivity contribution in [3.8, 4) is 5.75 Å². The molecule has 0 aromatic heterocycles. The summed E-state index contributed by atoms with van der Waals surface area (Å²) >= 11 is 4.90. The molecule has 0 aliphatic carbocycles. The van der Waals surface area contributed by atoms with E-state index in [0.29, 0.717) is 4.99 Å². The molecule has 0 fully saturated rings. The van der Waals surface area contributed by atoms with E-state index in [4.69, 9.17) is 22.7 Å². The number of hydrogen-bond donors (Lipinski definition) is 1. The molecule has 0 saturated carbocycles. The Balaban J connectivity index is 2.64. The van der Waals surface area contributed by atoms with Crippen LogP contribution in [0.25, 0.3) is 0 Å². The zero-order valence-electron chi connectivity index (χ0n) is 11.4. The standard InChI is InChI=1S/C15H23NOS/c1-3-10-17-14-9-8-13(12(4-2)11-14)6-5-7-15(16)18/h8-9,11H,3-7,10H2,1-2H3,(H2,16,18). The van der Waals surface area contributed by atoms with Crippen molar-refractivity contribution in [2.24, 2.45) is 5.73 Å². The first-order valence-electron chi connectivity index (χ1n) is 6.70. The lowest BCUT2D eigenvalue weighted by Gasteiger charge is -2.11. The molecular weight excluding hydrogens is 242 g/mol. The third-order valence-electron chi connectivity index (χ3n) is 2.90. The van der Waals surface area contributed by atoms with Gasteiger partial charge in [-0.05, 0) is 55.4 Å². The summed E-state index contributed by atoms with van der Waals surface area (Å²) < 4.78 is 5.65. The Hall–Kier alpha value is -1.09. The Morgan fingerprint density at radius 1 is 1.28 bits per heavy atom. The van der Waals surface area contributed by atoms with E-state index in [2.05, 4.69) is 32.0 Å². The van der Waals surface area contributed by atoms with E-state index in [1.807, 2.05) is 0 Å². The second kappa shape index (κ2) is 8.09. The topological polar surface area (TPSA) is 35.2 Å². The lowest BCUT2D eigenvalue weighted by atomic mass is 10.00. The maximum atomic E-state index is 5.65. The molecule has 0 radical (unpaired) electrons. The first-order chi connectivity index (χ1) is 8.67. The predicted octanol–water partition coefficient (Wildman–Crippen LogP) is 3.65. The molecule has 3 heteroatoms. The average molecular weight is 265 g/mol. The Morgan fingerprint density at radius 3 is 2.67 bits per heavy atom. The fourth-order valence-corrected chi connectivity index (χ4v) is 2.08. The molecule has 18 heavy (non-hydrogen) atoms. The zero-order valence-corrected chi connectivity index (χ0v) is 12.2. The summed E-state index contributed by atoms with van der Waals surface area (Å²) in [7, 11) is 0. The molecule has 0 atom stereocenters. The molecule has 0 bridgehead atoms. The Labute approximate surface area is 116 Å². The minimum Gasteiger partial charge on any atom is -0.494 e. The maximum Gasteiger partial charge on any atom is 0.119 e. The summed E-state index contributed by atoms with van der Waals surface area (Å²) in [5.41, 5.74) is 8.27. The van der Waals surface area contributed by atoms with Gasteiger partial charge in [-0.3, -0.25) is 0 Å². The van der Waals surface area contributed by atoms with Crippen molar-refractivity contribution in [1.82, 2.24) is 0 Å². The summed E-state index contributed by atoms with van der Waals surface area (Å²) in [6, 6.07) is 6.39. The molecule has 1 rings (SSSR count). The van der Waals surface area contributed by atoms with Crippen molar-refractivity contribution in [2.45, 2.75) is 46.0 Å². The Bertz CT molecular complexity index is 390. The smallest absolute Gasteiger partial charge is 0.119 e. The minimum absolute atomic E-state index is 0.607. The lowest BCUT2D eigenvalue weighted by Crippen LogP contribution is -2.07. The van der Waals surface area contributed by atoms with Gasteiger partial charge in [-0.25, -0.2) is 0 Å². The van der Waals surface area contributed by atoms with Gasteiger partial charge in [0.25, 0.3) is 0 Å². The van der Waals surface area contributed by atoms with E-state index in [1.165, 1.54) is 11.1 Å². The van der Waals surface area contributed by atoms with Gasteiger partial charge in [-0.1, -0.05) is 32.1 Å². The number of ether oxygens (including phenoxy) is 1. The SMILES string of the molecule is CCCOc1ccc(CCCC(N)=S)c(CC)c1. The van der Waals surface area contributed by atoms with Gasteiger partial charge in [-0.2, -0.15) is 0 Å². The molecule has 0 saturated heterocycles. The van der Waals surface area contributed by atoms with Crippen molar-refractivity contribution in [3.05, 3.63) is 29.3 Å². The highest BCUT2D eigenvalue weighted by atomic mass is 32.1. The number of nitrogens with two attached hydrogens (primary N) is 1. The molecule has 0 aliphatic rings. The highest BCUT2D eigenvalue weighted by molar-refractivity contribution is 7.80. The number of aryl methyl sites for hydroxylation is 2. The molecule has 2 nitrogen and oxygen atoms in total. The van der Waals surface area contributed by atoms with E-state index < -0.39 is 0 Å². The number of thiocarbonyl (C=S) groups is 1. The van der Waals surface area contributed by atoms with Crippen molar-refractivity contribution in [3.63, 3.8) is 0 Å². The predicted molar refractivity (Wildman–Crippen MR) is 81.3 cm³/mol. The number of rotatable bonds is 8. The number of hydrogen-bond acceptors (Lipinski definition) is 2. The number of benzene rings is 1. The van der Waals surface area contributed by atoms with Crippen LogP contribution in [0.4, 0.5) is 0 Å². The van der Waals surface area contributed by atoms with E-state index in [1.54, 1.807) is 0 Å². The van der Waals surface area contributed by atoms with Gasteiger partial charge in [0, 0.05) is 0 Å². The fourth-order valence-electron chi connectivity index (χ4n) is 1.94. The molecule has 0 aliphatic heterocycles. The largest absolute Gasteiger partial charge is 0.494 e. The van der Waals surface area contributed by atoms with Gasteiger partial charge >= 0.3 is 0 Å². The molecule has 0 spiro atoms. The Morgan fingerprint density at radius 2 is 2.06 bits per heavy atom. The summed E-state index contributed by atoms with van der Waals surface area (Å²) in [5, 5.41) is 0. The van der Waals surface area contributed by atoms with Crippen LogP contribution in [0.5, 0.6) is 5.75 Å². The highest BCUT2D eigenvalue weighted by Gasteiger charge is 2.04. The molecular formula is C15H23NOS. The van der Waals surface area contributed by atoms with E-state index in [9.17, 15) is 0 Å². The van der Waals surface area contributed by atoms with Gasteiger partial charge in [-0.15, -0.1) is 0 Å². The second-order valence-corrected chi connectivity index (χ2v) is 4.98. The lowest BCUT2D eigenvalue weighted by molar-refractivity contribution is 0.317. The van der Waals surface area contributed by atoms with Crippen LogP contribution in [-0.4, -0.2) is 11.6 Å². The van der Waals surface area contributed by atoms with Gasteiger partial charge in [0.1, 0.15) is 5.75 Å². The first-order valence-corrected chi connectivity index (χ1v) is 7.11. The normalized spacial score (nSPS) is 10.3. The van der Waals surface area contributed by atoms with Crippen LogP contribution < -0.4 is 10.5 Å². The van der Waals surface area contributed by atoms with Crippen molar-refractivity contribution in [2.75, 3.05) is 6.61 Å². The average Bonchev–Trinajstić information content (AvgIpc) is 2.36. The molecule has 2 N–H and O–H groups in total. The van der Waals surface area contributed by atoms with Gasteiger partial charge < -0.3 is 10.5 Å². The third-order valence-corrected chi connectivity index (χ3v) is 3.10. The van der Waals surface area contributed by atoms with E-state index >= 15 is 0 Å². The Kier molecular flexibility index (Phi) is 6.73. The second-order valence-electron chi connectivity index (χ2n) is 4.45. The van der Waals surface area contributed by atoms with Crippen LogP contribution in [0, 0.1) is 0 Å².